The first-order valence-corrected chi connectivity index (χ1v) is 28.1. The SMILES string of the molecule is CC(C)(C)OC(=O)N1CCNCC1.N#Cc1ccc(Cl)nn1.N#Cc1ccc(N2CCN(C(=O)Cc3ccc(C4CC4)c(F)c3)CC2)nn1.O=C(Cc1ccc(C2CC2)c(F)c1)N1CCNCC1.O=C(O)Cc1ccc(C2CC2)c(F)c1. The maximum Gasteiger partial charge on any atom is 0.410 e. The van der Waals surface area contributed by atoms with E-state index in [9.17, 15) is 32.3 Å². The molecule has 3 saturated carbocycles. The van der Waals surface area contributed by atoms with Gasteiger partial charge in [-0.2, -0.15) is 10.5 Å². The summed E-state index contributed by atoms with van der Waals surface area (Å²) in [6.45, 7) is 14.5. The first kappa shape index (κ1) is 61.9. The normalized spacial score (nSPS) is 16.6. The monoisotopic (exact) mass is 1150 g/mol. The Bertz CT molecular complexity index is 3050. The Morgan fingerprint density at radius 3 is 1.33 bits per heavy atom. The van der Waals surface area contributed by atoms with E-state index in [1.54, 1.807) is 34.1 Å². The Balaban J connectivity index is 0.000000155. The van der Waals surface area contributed by atoms with Crippen LogP contribution in [0, 0.1) is 40.1 Å². The van der Waals surface area contributed by atoms with E-state index in [1.165, 1.54) is 30.3 Å². The number of benzene rings is 3. The lowest BCUT2D eigenvalue weighted by Gasteiger charge is -2.35. The minimum atomic E-state index is -0.927. The molecule has 0 unspecified atom stereocenters. The molecule has 3 aliphatic heterocycles. The van der Waals surface area contributed by atoms with Gasteiger partial charge in [-0.15, -0.1) is 20.4 Å². The molecule has 3 saturated heterocycles. The van der Waals surface area contributed by atoms with E-state index in [4.69, 9.17) is 32.0 Å². The van der Waals surface area contributed by atoms with E-state index < -0.39 is 5.97 Å². The topological polar surface area (TPSA) is 234 Å². The third kappa shape index (κ3) is 20.1. The largest absolute Gasteiger partial charge is 0.481 e. The van der Waals surface area contributed by atoms with Gasteiger partial charge in [-0.3, -0.25) is 14.4 Å². The van der Waals surface area contributed by atoms with E-state index in [-0.39, 0.29) is 65.2 Å². The number of hydrogen-bond donors (Lipinski definition) is 3. The van der Waals surface area contributed by atoms with Gasteiger partial charge in [0.1, 0.15) is 35.2 Å². The second kappa shape index (κ2) is 29.8. The van der Waals surface area contributed by atoms with Crippen molar-refractivity contribution >= 4 is 41.3 Å². The summed E-state index contributed by atoms with van der Waals surface area (Å²) in [4.78, 5) is 54.0. The number of nitrogens with zero attached hydrogens (tertiary/aromatic N) is 10. The van der Waals surface area contributed by atoms with Crippen molar-refractivity contribution in [2.45, 2.75) is 102 Å². The summed E-state index contributed by atoms with van der Waals surface area (Å²) in [6, 6.07) is 25.5. The number of nitrogens with one attached hydrogen (secondary N) is 2. The average Bonchev–Trinajstić information content (AvgIpc) is 4.40. The number of carbonyl (C=O) groups excluding carboxylic acids is 3. The number of aromatic nitrogens is 4. The number of carboxylic acids is 1. The molecule has 0 atom stereocenters. The van der Waals surface area contributed by atoms with Gasteiger partial charge in [0.05, 0.1) is 19.3 Å². The molecule has 0 bridgehead atoms. The Morgan fingerprint density at radius 2 is 0.976 bits per heavy atom. The highest BCUT2D eigenvalue weighted by atomic mass is 35.5. The molecule has 18 nitrogen and oxygen atoms in total. The Morgan fingerprint density at radius 1 is 0.573 bits per heavy atom. The number of hydrogen-bond acceptors (Lipinski definition) is 14. The number of rotatable bonds is 10. The Hall–Kier alpha value is -7.72. The van der Waals surface area contributed by atoms with Crippen LogP contribution in [0.5, 0.6) is 0 Å². The molecular formula is C60H70ClF3N12O6. The van der Waals surface area contributed by atoms with Crippen molar-refractivity contribution in [2.24, 2.45) is 0 Å². The molecule has 11 rings (SSSR count). The van der Waals surface area contributed by atoms with Crippen LogP contribution in [0.2, 0.25) is 5.15 Å². The molecule has 3 aromatic carbocycles. The molecule has 82 heavy (non-hydrogen) atoms. The summed E-state index contributed by atoms with van der Waals surface area (Å²) in [6.07, 6.45) is 6.62. The zero-order valence-corrected chi connectivity index (χ0v) is 47.3. The quantitative estimate of drug-likeness (QED) is 0.120. The molecule has 3 N–H and O–H groups in total. The maximum absolute atomic E-state index is 14.2. The third-order valence-corrected chi connectivity index (χ3v) is 14.2. The molecule has 6 fully saturated rings. The van der Waals surface area contributed by atoms with Crippen LogP contribution in [0.1, 0.15) is 122 Å². The van der Waals surface area contributed by atoms with Crippen molar-refractivity contribution in [3.8, 4) is 12.1 Å². The number of nitriles is 2. The predicted octanol–water partition coefficient (Wildman–Crippen LogP) is 8.09. The Kier molecular flexibility index (Phi) is 22.5. The van der Waals surface area contributed by atoms with E-state index in [2.05, 4.69) is 31.0 Å². The van der Waals surface area contributed by atoms with E-state index >= 15 is 0 Å². The first-order valence-electron chi connectivity index (χ1n) is 27.8. The van der Waals surface area contributed by atoms with Gasteiger partial charge < -0.3 is 40.1 Å². The van der Waals surface area contributed by atoms with Crippen LogP contribution in [0.15, 0.2) is 78.9 Å². The van der Waals surface area contributed by atoms with Crippen LogP contribution < -0.4 is 15.5 Å². The molecular weight excluding hydrogens is 1080 g/mol. The number of piperazine rings is 3. The second-order valence-corrected chi connectivity index (χ2v) is 22.2. The van der Waals surface area contributed by atoms with Gasteiger partial charge in [0.25, 0.3) is 0 Å². The molecule has 5 aromatic rings. The van der Waals surface area contributed by atoms with Gasteiger partial charge in [-0.25, -0.2) is 18.0 Å². The average molecular weight is 1150 g/mol. The zero-order chi connectivity index (χ0) is 58.8. The van der Waals surface area contributed by atoms with Crippen LogP contribution >= 0.6 is 11.6 Å². The zero-order valence-electron chi connectivity index (χ0n) is 46.6. The van der Waals surface area contributed by atoms with Crippen LogP contribution in [0.25, 0.3) is 0 Å². The van der Waals surface area contributed by atoms with Crippen molar-refractivity contribution in [3.05, 3.63) is 146 Å². The van der Waals surface area contributed by atoms with Gasteiger partial charge in [-0.1, -0.05) is 48.0 Å². The predicted molar refractivity (Wildman–Crippen MR) is 301 cm³/mol. The van der Waals surface area contributed by atoms with Crippen LogP contribution in [0.4, 0.5) is 23.8 Å². The molecule has 3 amide bonds. The van der Waals surface area contributed by atoms with Crippen molar-refractivity contribution < 1.29 is 42.2 Å². The van der Waals surface area contributed by atoms with E-state index in [0.29, 0.717) is 66.9 Å². The fourth-order valence-electron chi connectivity index (χ4n) is 9.17. The van der Waals surface area contributed by atoms with Gasteiger partial charge in [0, 0.05) is 78.5 Å². The summed E-state index contributed by atoms with van der Waals surface area (Å²) in [5, 5.41) is 47.0. The lowest BCUT2D eigenvalue weighted by atomic mass is 10.0. The smallest absolute Gasteiger partial charge is 0.410 e. The molecule has 5 heterocycles. The summed E-state index contributed by atoms with van der Waals surface area (Å²) < 4.78 is 46.7. The molecule has 3 aliphatic carbocycles. The summed E-state index contributed by atoms with van der Waals surface area (Å²) in [7, 11) is 0. The lowest BCUT2D eigenvalue weighted by Crippen LogP contribution is -2.49. The number of ether oxygens (including phenoxy) is 1. The standard InChI is InChI=1S/C20H20FN5O.C15H19FN2O.C11H11FO2.C9H18N2O2.C5H2ClN3/c21-18-11-14(1-5-17(18)15-2-3-15)12-20(27)26-9-7-25(8-10-26)19-6-4-16(13-22)23-24-19;16-14-9-11(1-4-13(14)12-2-3-12)10-15(19)18-7-5-17-6-8-18;12-10-5-7(6-11(13)14)1-4-9(10)8-2-3-8;1-9(2,3)13-8(12)11-6-4-10-5-7-11;6-5-2-1-4(3-7)8-9-5/h1,4-6,11,15H,2-3,7-10,12H2;1,4,9,12,17H,2-3,5-8,10H2;1,4-5,8H,2-3,6H2,(H,13,14);10H,4-7H2,1-3H3;1-2H. The van der Waals surface area contributed by atoms with Gasteiger partial charge in [0.15, 0.2) is 22.4 Å². The van der Waals surface area contributed by atoms with Crippen molar-refractivity contribution in [2.75, 3.05) is 83.4 Å². The minimum absolute atomic E-state index is 0.0131. The molecule has 2 aromatic heterocycles. The summed E-state index contributed by atoms with van der Waals surface area (Å²) >= 11 is 5.39. The number of amides is 3. The van der Waals surface area contributed by atoms with Crippen LogP contribution in [-0.2, 0) is 38.4 Å². The van der Waals surface area contributed by atoms with Gasteiger partial charge in [0.2, 0.25) is 11.8 Å². The van der Waals surface area contributed by atoms with E-state index in [1.807, 2.05) is 67.0 Å². The third-order valence-electron chi connectivity index (χ3n) is 14.0. The van der Waals surface area contributed by atoms with Crippen molar-refractivity contribution in [1.29, 1.82) is 10.5 Å². The molecule has 6 aliphatic rings. The molecule has 0 spiro atoms. The number of aliphatic carboxylic acids is 1. The first-order chi connectivity index (χ1) is 39.4. The maximum atomic E-state index is 14.2. The van der Waals surface area contributed by atoms with Crippen LogP contribution in [0.3, 0.4) is 0 Å². The Labute approximate surface area is 481 Å². The summed E-state index contributed by atoms with van der Waals surface area (Å²) in [5.41, 5.74) is 4.54. The highest BCUT2D eigenvalue weighted by molar-refractivity contribution is 6.29. The highest BCUT2D eigenvalue weighted by Crippen LogP contribution is 2.43. The lowest BCUT2D eigenvalue weighted by molar-refractivity contribution is -0.136. The van der Waals surface area contributed by atoms with Crippen molar-refractivity contribution in [3.63, 3.8) is 0 Å². The van der Waals surface area contributed by atoms with Gasteiger partial charge >= 0.3 is 12.1 Å². The second-order valence-electron chi connectivity index (χ2n) is 21.8. The fraction of sp³-hybridized carbons (Fsp3) is 0.467. The van der Waals surface area contributed by atoms with Crippen molar-refractivity contribution in [1.82, 2.24) is 45.7 Å². The molecule has 434 valence electrons. The number of anilines is 1. The molecule has 22 heteroatoms. The van der Waals surface area contributed by atoms with E-state index in [0.717, 1.165) is 119 Å². The highest BCUT2D eigenvalue weighted by Gasteiger charge is 2.30. The number of halogens is 4. The summed E-state index contributed by atoms with van der Waals surface area (Å²) in [5.74, 6) is 0.452. The van der Waals surface area contributed by atoms with Crippen LogP contribution in [-0.4, -0.2) is 148 Å². The number of carbonyl (C=O) groups is 4. The molecule has 0 radical (unpaired) electrons. The number of carboxylic acid groups (broad SMARTS) is 1. The van der Waals surface area contributed by atoms with Gasteiger partial charge in [-0.05, 0) is 153 Å². The minimum Gasteiger partial charge on any atom is -0.481 e. The fourth-order valence-corrected chi connectivity index (χ4v) is 9.27.